The number of benzene rings is 1. The second kappa shape index (κ2) is 11.7. The van der Waals surface area contributed by atoms with Gasteiger partial charge in [-0.15, -0.1) is 11.3 Å². The number of hydrogen-bond donors (Lipinski definition) is 3. The van der Waals surface area contributed by atoms with Crippen molar-refractivity contribution in [1.29, 1.82) is 0 Å². The summed E-state index contributed by atoms with van der Waals surface area (Å²) in [4.78, 5) is 46.7. The van der Waals surface area contributed by atoms with E-state index in [2.05, 4.69) is 20.9 Å². The number of nitrogens with one attached hydrogen (secondary N) is 3. The standard InChI is InChI=1S/C28H39N5O3S/c1-18-24(37-17-31-18)21-9-7-19(8-10-21)16-30-26(35)22-6-5-13-33(22)27(36)25(28(2,3)4)32-23(34)14-20-11-12-29-15-20/h7-10,17,20,22,25,29H,5-6,11-16H2,1-4H3,(H,30,35)(H,32,34). The maximum atomic E-state index is 13.6. The van der Waals surface area contributed by atoms with Crippen LogP contribution in [-0.4, -0.2) is 59.3 Å². The third-order valence-electron chi connectivity index (χ3n) is 7.32. The van der Waals surface area contributed by atoms with Gasteiger partial charge in [-0.05, 0) is 61.7 Å². The van der Waals surface area contributed by atoms with Crippen LogP contribution >= 0.6 is 11.3 Å². The highest BCUT2D eigenvalue weighted by Gasteiger charge is 2.42. The van der Waals surface area contributed by atoms with E-state index in [0.717, 1.165) is 47.6 Å². The fourth-order valence-electron chi connectivity index (χ4n) is 5.15. The smallest absolute Gasteiger partial charge is 0.246 e. The molecule has 2 aliphatic rings. The minimum absolute atomic E-state index is 0.0980. The van der Waals surface area contributed by atoms with Crippen molar-refractivity contribution < 1.29 is 14.4 Å². The summed E-state index contributed by atoms with van der Waals surface area (Å²) in [7, 11) is 0. The SMILES string of the molecule is Cc1ncsc1-c1ccc(CNC(=O)C2CCCN2C(=O)C(NC(=O)CC2CCNC2)C(C)(C)C)cc1. The summed E-state index contributed by atoms with van der Waals surface area (Å²) in [5, 5.41) is 9.31. The maximum Gasteiger partial charge on any atom is 0.246 e. The lowest BCUT2D eigenvalue weighted by atomic mass is 9.85. The molecular formula is C28H39N5O3S. The monoisotopic (exact) mass is 525 g/mol. The Morgan fingerprint density at radius 2 is 1.95 bits per heavy atom. The molecule has 3 atom stereocenters. The van der Waals surface area contributed by atoms with Crippen molar-refractivity contribution in [2.75, 3.05) is 19.6 Å². The summed E-state index contributed by atoms with van der Waals surface area (Å²) in [5.74, 6) is -0.114. The summed E-state index contributed by atoms with van der Waals surface area (Å²) in [6.45, 7) is 10.5. The van der Waals surface area contributed by atoms with Gasteiger partial charge in [0.05, 0.1) is 16.1 Å². The summed E-state index contributed by atoms with van der Waals surface area (Å²) < 4.78 is 0. The Bertz CT molecular complexity index is 1100. The molecule has 2 fully saturated rings. The van der Waals surface area contributed by atoms with E-state index in [4.69, 9.17) is 0 Å². The largest absolute Gasteiger partial charge is 0.350 e. The second-order valence-corrected chi connectivity index (χ2v) is 12.2. The van der Waals surface area contributed by atoms with Crippen molar-refractivity contribution >= 4 is 29.1 Å². The van der Waals surface area contributed by atoms with Gasteiger partial charge in [0.25, 0.3) is 0 Å². The molecule has 2 aromatic rings. The first-order valence-electron chi connectivity index (χ1n) is 13.2. The Balaban J connectivity index is 1.36. The van der Waals surface area contributed by atoms with E-state index < -0.39 is 17.5 Å². The number of likely N-dealkylation sites (tertiary alicyclic amines) is 1. The van der Waals surface area contributed by atoms with Gasteiger partial charge in [-0.1, -0.05) is 45.0 Å². The zero-order chi connectivity index (χ0) is 26.6. The average Bonchev–Trinajstić information content (AvgIpc) is 3.62. The first-order chi connectivity index (χ1) is 17.6. The van der Waals surface area contributed by atoms with E-state index in [1.807, 2.05) is 57.5 Å². The molecule has 3 heterocycles. The lowest BCUT2D eigenvalue weighted by molar-refractivity contribution is -0.144. The van der Waals surface area contributed by atoms with Gasteiger partial charge in [0.15, 0.2) is 0 Å². The zero-order valence-electron chi connectivity index (χ0n) is 22.3. The number of thiazole rings is 1. The van der Waals surface area contributed by atoms with Crippen LogP contribution in [0.4, 0.5) is 0 Å². The fourth-order valence-corrected chi connectivity index (χ4v) is 5.96. The van der Waals surface area contributed by atoms with Crippen LogP contribution in [0.1, 0.15) is 57.7 Å². The Morgan fingerprint density at radius 3 is 2.57 bits per heavy atom. The molecule has 9 heteroatoms. The topological polar surface area (TPSA) is 103 Å². The lowest BCUT2D eigenvalue weighted by Gasteiger charge is -2.35. The molecule has 3 N–H and O–H groups in total. The molecule has 2 aliphatic heterocycles. The Kier molecular flexibility index (Phi) is 8.64. The number of amides is 3. The molecule has 4 rings (SSSR count). The maximum absolute atomic E-state index is 13.6. The molecule has 1 aromatic heterocycles. The minimum Gasteiger partial charge on any atom is -0.350 e. The van der Waals surface area contributed by atoms with Crippen LogP contribution < -0.4 is 16.0 Å². The van der Waals surface area contributed by atoms with Gasteiger partial charge in [-0.25, -0.2) is 4.98 Å². The van der Waals surface area contributed by atoms with E-state index in [1.165, 1.54) is 0 Å². The van der Waals surface area contributed by atoms with Gasteiger partial charge in [0.1, 0.15) is 12.1 Å². The van der Waals surface area contributed by atoms with Crippen LogP contribution in [0.3, 0.4) is 0 Å². The third kappa shape index (κ3) is 6.76. The van der Waals surface area contributed by atoms with E-state index in [9.17, 15) is 14.4 Å². The quantitative estimate of drug-likeness (QED) is 0.491. The summed E-state index contributed by atoms with van der Waals surface area (Å²) in [5.41, 5.74) is 4.49. The van der Waals surface area contributed by atoms with Gasteiger partial charge in [-0.3, -0.25) is 14.4 Å². The van der Waals surface area contributed by atoms with Crippen LogP contribution in [-0.2, 0) is 20.9 Å². The molecule has 200 valence electrons. The van der Waals surface area contributed by atoms with E-state index in [0.29, 0.717) is 31.8 Å². The van der Waals surface area contributed by atoms with Gasteiger partial charge >= 0.3 is 0 Å². The van der Waals surface area contributed by atoms with Crippen molar-refractivity contribution in [3.63, 3.8) is 0 Å². The number of nitrogens with zero attached hydrogens (tertiary/aromatic N) is 2. The average molecular weight is 526 g/mol. The van der Waals surface area contributed by atoms with Crippen molar-refractivity contribution in [3.8, 4) is 10.4 Å². The number of carbonyl (C=O) groups is 3. The number of aryl methyl sites for hydroxylation is 1. The Labute approximate surface area is 223 Å². The predicted molar refractivity (Wildman–Crippen MR) is 146 cm³/mol. The highest BCUT2D eigenvalue weighted by molar-refractivity contribution is 7.13. The zero-order valence-corrected chi connectivity index (χ0v) is 23.1. The summed E-state index contributed by atoms with van der Waals surface area (Å²) >= 11 is 1.61. The molecule has 3 unspecified atom stereocenters. The highest BCUT2D eigenvalue weighted by Crippen LogP contribution is 2.28. The fraction of sp³-hybridized carbons (Fsp3) is 0.571. The molecule has 0 saturated carbocycles. The molecule has 0 radical (unpaired) electrons. The van der Waals surface area contributed by atoms with Gasteiger partial charge in [0.2, 0.25) is 17.7 Å². The second-order valence-electron chi connectivity index (χ2n) is 11.3. The minimum atomic E-state index is -0.675. The van der Waals surface area contributed by atoms with Crippen LogP contribution in [0.25, 0.3) is 10.4 Å². The molecule has 3 amide bonds. The molecule has 2 saturated heterocycles. The molecular weight excluding hydrogens is 486 g/mol. The first-order valence-corrected chi connectivity index (χ1v) is 14.1. The molecule has 1 aromatic carbocycles. The molecule has 8 nitrogen and oxygen atoms in total. The van der Waals surface area contributed by atoms with Crippen molar-refractivity contribution in [1.82, 2.24) is 25.8 Å². The van der Waals surface area contributed by atoms with Crippen LogP contribution in [0, 0.1) is 18.3 Å². The van der Waals surface area contributed by atoms with Gasteiger partial charge < -0.3 is 20.9 Å². The van der Waals surface area contributed by atoms with Crippen molar-refractivity contribution in [2.24, 2.45) is 11.3 Å². The lowest BCUT2D eigenvalue weighted by Crippen LogP contribution is -2.57. The van der Waals surface area contributed by atoms with Crippen molar-refractivity contribution in [3.05, 3.63) is 41.0 Å². The van der Waals surface area contributed by atoms with Crippen LogP contribution in [0.5, 0.6) is 0 Å². The summed E-state index contributed by atoms with van der Waals surface area (Å²) in [6.07, 6.45) is 2.78. The molecule has 37 heavy (non-hydrogen) atoms. The van der Waals surface area contributed by atoms with Gasteiger partial charge in [-0.2, -0.15) is 0 Å². The molecule has 0 aliphatic carbocycles. The van der Waals surface area contributed by atoms with Crippen LogP contribution in [0.15, 0.2) is 29.8 Å². The molecule has 0 bridgehead atoms. The number of hydrogen-bond acceptors (Lipinski definition) is 6. The van der Waals surface area contributed by atoms with Crippen LogP contribution in [0.2, 0.25) is 0 Å². The Hall–Kier alpha value is -2.78. The predicted octanol–water partition coefficient (Wildman–Crippen LogP) is 3.26. The number of rotatable bonds is 8. The van der Waals surface area contributed by atoms with E-state index in [-0.39, 0.29) is 17.7 Å². The normalized spacial score (nSPS) is 20.6. The first kappa shape index (κ1) is 27.3. The number of aromatic nitrogens is 1. The van der Waals surface area contributed by atoms with Gasteiger partial charge in [0, 0.05) is 19.5 Å². The molecule has 0 spiro atoms. The van der Waals surface area contributed by atoms with Crippen molar-refractivity contribution in [2.45, 2.75) is 72.0 Å². The Morgan fingerprint density at radius 1 is 1.19 bits per heavy atom. The van der Waals surface area contributed by atoms with E-state index >= 15 is 0 Å². The van der Waals surface area contributed by atoms with E-state index in [1.54, 1.807) is 16.2 Å². The summed E-state index contributed by atoms with van der Waals surface area (Å²) in [6, 6.07) is 6.92. The number of carbonyl (C=O) groups excluding carboxylic acids is 3. The third-order valence-corrected chi connectivity index (χ3v) is 8.30. The highest BCUT2D eigenvalue weighted by atomic mass is 32.1.